The minimum Gasteiger partial charge on any atom is -0.496 e. The summed E-state index contributed by atoms with van der Waals surface area (Å²) < 4.78 is 5.31. The second-order valence-electron chi connectivity index (χ2n) is 5.82. The van der Waals surface area contributed by atoms with E-state index in [-0.39, 0.29) is 0 Å². The van der Waals surface area contributed by atoms with Crippen molar-refractivity contribution in [2.75, 3.05) is 7.11 Å². The fourth-order valence-electron chi connectivity index (χ4n) is 2.68. The molecule has 2 aromatic rings. The summed E-state index contributed by atoms with van der Waals surface area (Å²) in [6.07, 6.45) is 0. The summed E-state index contributed by atoms with van der Waals surface area (Å²) in [7, 11) is 1.71. The number of nitrogens with one attached hydrogen (secondary N) is 1. The van der Waals surface area contributed by atoms with Crippen molar-refractivity contribution in [3.05, 3.63) is 65.2 Å². The van der Waals surface area contributed by atoms with Crippen LogP contribution in [0.3, 0.4) is 0 Å². The van der Waals surface area contributed by atoms with E-state index >= 15 is 0 Å². The van der Waals surface area contributed by atoms with Crippen LogP contribution in [0, 0.1) is 12.8 Å². The molecule has 0 saturated heterocycles. The van der Waals surface area contributed by atoms with Gasteiger partial charge in [0, 0.05) is 12.6 Å². The van der Waals surface area contributed by atoms with E-state index in [0.29, 0.717) is 12.0 Å². The zero-order chi connectivity index (χ0) is 15.2. The Labute approximate surface area is 128 Å². The van der Waals surface area contributed by atoms with Gasteiger partial charge in [-0.1, -0.05) is 56.3 Å². The molecule has 0 spiro atoms. The van der Waals surface area contributed by atoms with Gasteiger partial charge in [0.25, 0.3) is 0 Å². The number of methoxy groups -OCH3 is 1. The highest BCUT2D eigenvalue weighted by atomic mass is 16.5. The Morgan fingerprint density at radius 2 is 1.76 bits per heavy atom. The Kier molecular flexibility index (Phi) is 5.40. The average Bonchev–Trinajstić information content (AvgIpc) is 2.48. The SMILES string of the molecule is COc1ccc(CNC(c2ccccc2)C(C)C)cc1C. The second kappa shape index (κ2) is 7.28. The number of aryl methyl sites for hydroxylation is 1. The van der Waals surface area contributed by atoms with E-state index in [4.69, 9.17) is 4.74 Å². The van der Waals surface area contributed by atoms with Gasteiger partial charge in [-0.15, -0.1) is 0 Å². The van der Waals surface area contributed by atoms with Gasteiger partial charge in [0.15, 0.2) is 0 Å². The van der Waals surface area contributed by atoms with Gasteiger partial charge in [0.1, 0.15) is 5.75 Å². The minimum absolute atomic E-state index is 0.369. The predicted molar refractivity (Wildman–Crippen MR) is 88.6 cm³/mol. The van der Waals surface area contributed by atoms with Crippen molar-refractivity contribution in [1.29, 1.82) is 0 Å². The maximum absolute atomic E-state index is 5.31. The normalized spacial score (nSPS) is 12.4. The van der Waals surface area contributed by atoms with Crippen molar-refractivity contribution in [1.82, 2.24) is 5.32 Å². The van der Waals surface area contributed by atoms with Crippen LogP contribution in [0.15, 0.2) is 48.5 Å². The van der Waals surface area contributed by atoms with Gasteiger partial charge in [-0.25, -0.2) is 0 Å². The summed E-state index contributed by atoms with van der Waals surface area (Å²) in [6.45, 7) is 7.45. The van der Waals surface area contributed by atoms with Crippen LogP contribution in [-0.2, 0) is 6.54 Å². The van der Waals surface area contributed by atoms with E-state index in [1.807, 2.05) is 6.07 Å². The first-order valence-electron chi connectivity index (χ1n) is 7.53. The molecule has 0 radical (unpaired) electrons. The number of ether oxygens (including phenoxy) is 1. The van der Waals surface area contributed by atoms with Crippen molar-refractivity contribution >= 4 is 0 Å². The smallest absolute Gasteiger partial charge is 0.121 e. The lowest BCUT2D eigenvalue weighted by Gasteiger charge is -2.23. The predicted octanol–water partition coefficient (Wildman–Crippen LogP) is 4.49. The summed E-state index contributed by atoms with van der Waals surface area (Å²) in [6, 6.07) is 17.4. The first-order chi connectivity index (χ1) is 10.1. The van der Waals surface area contributed by atoms with Gasteiger partial charge < -0.3 is 10.1 Å². The molecule has 1 N–H and O–H groups in total. The topological polar surface area (TPSA) is 21.3 Å². The summed E-state index contributed by atoms with van der Waals surface area (Å²) >= 11 is 0. The lowest BCUT2D eigenvalue weighted by molar-refractivity contribution is 0.406. The van der Waals surface area contributed by atoms with Crippen LogP contribution >= 0.6 is 0 Å². The molecule has 1 unspecified atom stereocenters. The van der Waals surface area contributed by atoms with E-state index in [1.54, 1.807) is 7.11 Å². The molecule has 0 saturated carbocycles. The monoisotopic (exact) mass is 283 g/mol. The Balaban J connectivity index is 2.07. The third-order valence-corrected chi connectivity index (χ3v) is 3.81. The molecule has 0 aliphatic rings. The Morgan fingerprint density at radius 3 is 2.33 bits per heavy atom. The average molecular weight is 283 g/mol. The van der Waals surface area contributed by atoms with Crippen molar-refractivity contribution in [2.24, 2.45) is 5.92 Å². The van der Waals surface area contributed by atoms with E-state index in [9.17, 15) is 0 Å². The van der Waals surface area contributed by atoms with Crippen LogP contribution in [0.5, 0.6) is 5.75 Å². The third kappa shape index (κ3) is 4.08. The van der Waals surface area contributed by atoms with E-state index < -0.39 is 0 Å². The van der Waals surface area contributed by atoms with Gasteiger partial charge in [-0.2, -0.15) is 0 Å². The fraction of sp³-hybridized carbons (Fsp3) is 0.368. The number of hydrogen-bond donors (Lipinski definition) is 1. The molecule has 2 rings (SSSR count). The van der Waals surface area contributed by atoms with E-state index in [2.05, 4.69) is 68.6 Å². The van der Waals surface area contributed by atoms with Crippen LogP contribution in [0.2, 0.25) is 0 Å². The van der Waals surface area contributed by atoms with Crippen LogP contribution in [0.1, 0.15) is 36.6 Å². The molecule has 0 fully saturated rings. The molecule has 1 atom stereocenters. The first-order valence-corrected chi connectivity index (χ1v) is 7.53. The highest BCUT2D eigenvalue weighted by Crippen LogP contribution is 2.23. The van der Waals surface area contributed by atoms with Crippen molar-refractivity contribution in [2.45, 2.75) is 33.4 Å². The molecule has 2 aromatic carbocycles. The number of hydrogen-bond acceptors (Lipinski definition) is 2. The van der Waals surface area contributed by atoms with Gasteiger partial charge >= 0.3 is 0 Å². The van der Waals surface area contributed by atoms with Gasteiger partial charge in [0.2, 0.25) is 0 Å². The van der Waals surface area contributed by atoms with E-state index in [1.165, 1.54) is 16.7 Å². The molecular weight excluding hydrogens is 258 g/mol. The summed E-state index contributed by atoms with van der Waals surface area (Å²) in [5.74, 6) is 1.49. The zero-order valence-electron chi connectivity index (χ0n) is 13.4. The molecule has 112 valence electrons. The molecule has 2 nitrogen and oxygen atoms in total. The molecule has 0 amide bonds. The highest BCUT2D eigenvalue weighted by Gasteiger charge is 2.14. The molecule has 0 aliphatic heterocycles. The van der Waals surface area contributed by atoms with Crippen molar-refractivity contribution in [3.8, 4) is 5.75 Å². The fourth-order valence-corrected chi connectivity index (χ4v) is 2.68. The maximum atomic E-state index is 5.31. The first kappa shape index (κ1) is 15.6. The molecular formula is C19H25NO. The molecule has 21 heavy (non-hydrogen) atoms. The number of rotatable bonds is 6. The summed E-state index contributed by atoms with van der Waals surface area (Å²) in [5, 5.41) is 3.68. The summed E-state index contributed by atoms with van der Waals surface area (Å²) in [4.78, 5) is 0. The van der Waals surface area contributed by atoms with Gasteiger partial charge in [-0.3, -0.25) is 0 Å². The van der Waals surface area contributed by atoms with Crippen LogP contribution < -0.4 is 10.1 Å². The molecule has 2 heteroatoms. The second-order valence-corrected chi connectivity index (χ2v) is 5.82. The third-order valence-electron chi connectivity index (χ3n) is 3.81. The molecule has 0 bridgehead atoms. The Morgan fingerprint density at radius 1 is 1.05 bits per heavy atom. The van der Waals surface area contributed by atoms with Crippen LogP contribution in [0.25, 0.3) is 0 Å². The van der Waals surface area contributed by atoms with Crippen LogP contribution in [-0.4, -0.2) is 7.11 Å². The van der Waals surface area contributed by atoms with Gasteiger partial charge in [-0.05, 0) is 35.6 Å². The minimum atomic E-state index is 0.369. The quantitative estimate of drug-likeness (QED) is 0.843. The van der Waals surface area contributed by atoms with Crippen molar-refractivity contribution < 1.29 is 4.74 Å². The zero-order valence-corrected chi connectivity index (χ0v) is 13.4. The Hall–Kier alpha value is -1.80. The number of benzene rings is 2. The highest BCUT2D eigenvalue weighted by molar-refractivity contribution is 5.36. The Bertz CT molecular complexity index is 563. The molecule has 0 aliphatic carbocycles. The van der Waals surface area contributed by atoms with Crippen LogP contribution in [0.4, 0.5) is 0 Å². The molecule has 0 aromatic heterocycles. The lowest BCUT2D eigenvalue weighted by Crippen LogP contribution is -2.25. The molecule has 0 heterocycles. The maximum Gasteiger partial charge on any atom is 0.121 e. The summed E-state index contributed by atoms with van der Waals surface area (Å²) in [5.41, 5.74) is 3.81. The largest absolute Gasteiger partial charge is 0.496 e. The standard InChI is InChI=1S/C19H25NO/c1-14(2)19(17-8-6-5-7-9-17)20-13-16-10-11-18(21-4)15(3)12-16/h5-12,14,19-20H,13H2,1-4H3. The lowest BCUT2D eigenvalue weighted by atomic mass is 9.96. The van der Waals surface area contributed by atoms with Gasteiger partial charge in [0.05, 0.1) is 7.11 Å². The van der Waals surface area contributed by atoms with Crippen molar-refractivity contribution in [3.63, 3.8) is 0 Å². The van der Waals surface area contributed by atoms with E-state index in [0.717, 1.165) is 12.3 Å².